The Morgan fingerprint density at radius 2 is 1.80 bits per heavy atom. The van der Waals surface area contributed by atoms with Gasteiger partial charge in [0.25, 0.3) is 10.0 Å². The first-order valence-electron chi connectivity index (χ1n) is 7.73. The van der Waals surface area contributed by atoms with Crippen molar-refractivity contribution in [2.24, 2.45) is 0 Å². The third kappa shape index (κ3) is 3.85. The van der Waals surface area contributed by atoms with Gasteiger partial charge in [0.1, 0.15) is 12.4 Å². The van der Waals surface area contributed by atoms with Crippen molar-refractivity contribution in [1.29, 1.82) is 0 Å². The molecule has 3 rings (SSSR count). The number of carbonyl (C=O) groups is 1. The summed E-state index contributed by atoms with van der Waals surface area (Å²) in [6, 6.07) is 11.2. The number of amides is 1. The molecule has 0 radical (unpaired) electrons. The monoisotopic (exact) mass is 361 g/mol. The summed E-state index contributed by atoms with van der Waals surface area (Å²) < 4.78 is 33.2. The average Bonchev–Trinajstić information content (AvgIpc) is 2.55. The molecular weight excluding hydrogens is 342 g/mol. The number of ether oxygens (including phenoxy) is 1. The lowest BCUT2D eigenvalue weighted by Gasteiger charge is -2.28. The summed E-state index contributed by atoms with van der Waals surface area (Å²) in [6.07, 6.45) is 0. The molecule has 0 atom stereocenters. The highest BCUT2D eigenvalue weighted by Crippen LogP contribution is 2.33. The number of nitrogens with one attached hydrogen (secondary N) is 2. The van der Waals surface area contributed by atoms with Gasteiger partial charge in [-0.1, -0.05) is 0 Å². The van der Waals surface area contributed by atoms with Gasteiger partial charge in [-0.25, -0.2) is 8.42 Å². The van der Waals surface area contributed by atoms with E-state index in [1.54, 1.807) is 30.3 Å². The maximum absolute atomic E-state index is 12.5. The molecule has 0 saturated carbocycles. The highest BCUT2D eigenvalue weighted by atomic mass is 32.2. The number of anilines is 3. The van der Waals surface area contributed by atoms with Gasteiger partial charge in [-0.15, -0.1) is 0 Å². The zero-order chi connectivity index (χ0) is 18.0. The quantitative estimate of drug-likeness (QED) is 0.872. The summed E-state index contributed by atoms with van der Waals surface area (Å²) >= 11 is 0. The Labute approximate surface area is 146 Å². The standard InChI is InChI=1S/C17H19N3O4S/c1-12(21)18-13-3-6-15(7-4-13)25(22,23)19-14-5-8-17-16(11-14)20(2)9-10-24-17/h3-8,11,19H,9-10H2,1-2H3,(H,18,21). The zero-order valence-electron chi connectivity index (χ0n) is 13.9. The van der Waals surface area contributed by atoms with Gasteiger partial charge in [0.2, 0.25) is 5.91 Å². The van der Waals surface area contributed by atoms with Crippen LogP contribution in [0.5, 0.6) is 5.75 Å². The van der Waals surface area contributed by atoms with Gasteiger partial charge in [-0.2, -0.15) is 0 Å². The Morgan fingerprint density at radius 3 is 2.48 bits per heavy atom. The molecule has 0 bridgehead atoms. The first-order valence-corrected chi connectivity index (χ1v) is 9.22. The van der Waals surface area contributed by atoms with E-state index in [-0.39, 0.29) is 10.8 Å². The number of sulfonamides is 1. The minimum absolute atomic E-state index is 0.115. The molecule has 1 heterocycles. The van der Waals surface area contributed by atoms with E-state index in [2.05, 4.69) is 10.0 Å². The highest BCUT2D eigenvalue weighted by molar-refractivity contribution is 7.92. The molecule has 1 aliphatic heterocycles. The van der Waals surface area contributed by atoms with Crippen LogP contribution >= 0.6 is 0 Å². The van der Waals surface area contributed by atoms with Gasteiger partial charge in [0.15, 0.2) is 0 Å². The van der Waals surface area contributed by atoms with E-state index < -0.39 is 10.0 Å². The normalized spacial score (nSPS) is 13.6. The Kier molecular flexibility index (Phi) is 4.54. The van der Waals surface area contributed by atoms with Gasteiger partial charge in [-0.05, 0) is 42.5 Å². The van der Waals surface area contributed by atoms with Crippen LogP contribution in [-0.4, -0.2) is 34.5 Å². The fourth-order valence-electron chi connectivity index (χ4n) is 2.55. The topological polar surface area (TPSA) is 87.7 Å². The van der Waals surface area contributed by atoms with Crippen molar-refractivity contribution >= 4 is 33.0 Å². The molecule has 0 aromatic heterocycles. The van der Waals surface area contributed by atoms with Gasteiger partial charge in [-0.3, -0.25) is 9.52 Å². The van der Waals surface area contributed by atoms with Crippen LogP contribution in [0.1, 0.15) is 6.92 Å². The Bertz CT molecular complexity index is 895. The van der Waals surface area contributed by atoms with Crippen molar-refractivity contribution in [2.75, 3.05) is 35.1 Å². The molecule has 25 heavy (non-hydrogen) atoms. The summed E-state index contributed by atoms with van der Waals surface area (Å²) in [6.45, 7) is 2.74. The van der Waals surface area contributed by atoms with Crippen molar-refractivity contribution in [3.63, 3.8) is 0 Å². The second kappa shape index (κ2) is 6.64. The Hall–Kier alpha value is -2.74. The van der Waals surface area contributed by atoms with Gasteiger partial charge in [0, 0.05) is 19.7 Å². The largest absolute Gasteiger partial charge is 0.490 e. The first-order chi connectivity index (χ1) is 11.8. The molecule has 2 aromatic rings. The SMILES string of the molecule is CC(=O)Nc1ccc(S(=O)(=O)Nc2ccc3c(c2)N(C)CCO3)cc1. The van der Waals surface area contributed by atoms with Crippen LogP contribution in [0.4, 0.5) is 17.1 Å². The number of carbonyl (C=O) groups excluding carboxylic acids is 1. The summed E-state index contributed by atoms with van der Waals surface area (Å²) in [5.74, 6) is 0.519. The molecule has 0 aliphatic carbocycles. The molecule has 8 heteroatoms. The first kappa shape index (κ1) is 17.1. The van der Waals surface area contributed by atoms with Crippen LogP contribution in [0.2, 0.25) is 0 Å². The summed E-state index contributed by atoms with van der Waals surface area (Å²) in [4.78, 5) is 13.2. The molecule has 2 aromatic carbocycles. The van der Waals surface area contributed by atoms with Crippen molar-refractivity contribution in [3.05, 3.63) is 42.5 Å². The van der Waals surface area contributed by atoms with E-state index in [0.717, 1.165) is 18.0 Å². The number of benzene rings is 2. The summed E-state index contributed by atoms with van der Waals surface area (Å²) in [5, 5.41) is 2.60. The Balaban J connectivity index is 1.82. The molecular formula is C17H19N3O4S. The van der Waals surface area contributed by atoms with E-state index in [1.807, 2.05) is 11.9 Å². The predicted octanol–water partition coefficient (Wildman–Crippen LogP) is 2.27. The molecule has 7 nitrogen and oxygen atoms in total. The fraction of sp³-hybridized carbons (Fsp3) is 0.235. The molecule has 2 N–H and O–H groups in total. The molecule has 132 valence electrons. The van der Waals surface area contributed by atoms with Gasteiger partial charge >= 0.3 is 0 Å². The molecule has 0 fully saturated rings. The zero-order valence-corrected chi connectivity index (χ0v) is 14.8. The molecule has 0 saturated heterocycles. The number of nitrogens with zero attached hydrogens (tertiary/aromatic N) is 1. The third-order valence-corrected chi connectivity index (χ3v) is 5.19. The number of likely N-dealkylation sites (N-methyl/N-ethyl adjacent to an activating group) is 1. The smallest absolute Gasteiger partial charge is 0.261 e. The summed E-state index contributed by atoms with van der Waals surface area (Å²) in [7, 11) is -1.79. The van der Waals surface area contributed by atoms with E-state index in [1.165, 1.54) is 19.1 Å². The van der Waals surface area contributed by atoms with Crippen molar-refractivity contribution in [2.45, 2.75) is 11.8 Å². The molecule has 1 amide bonds. The van der Waals surface area contributed by atoms with E-state index in [4.69, 9.17) is 4.74 Å². The molecule has 0 spiro atoms. The maximum atomic E-state index is 12.5. The average molecular weight is 361 g/mol. The molecule has 1 aliphatic rings. The third-order valence-electron chi connectivity index (χ3n) is 3.79. The summed E-state index contributed by atoms with van der Waals surface area (Å²) in [5.41, 5.74) is 1.84. The van der Waals surface area contributed by atoms with E-state index in [9.17, 15) is 13.2 Å². The number of hydrogen-bond donors (Lipinski definition) is 2. The minimum Gasteiger partial charge on any atom is -0.490 e. The lowest BCUT2D eigenvalue weighted by atomic mass is 10.2. The second-order valence-electron chi connectivity index (χ2n) is 5.76. The molecule has 0 unspecified atom stereocenters. The highest BCUT2D eigenvalue weighted by Gasteiger charge is 2.18. The van der Waals surface area contributed by atoms with Crippen molar-refractivity contribution in [3.8, 4) is 5.75 Å². The number of rotatable bonds is 4. The lowest BCUT2D eigenvalue weighted by molar-refractivity contribution is -0.114. The van der Waals surface area contributed by atoms with Crippen molar-refractivity contribution < 1.29 is 17.9 Å². The number of hydrogen-bond acceptors (Lipinski definition) is 5. The predicted molar refractivity (Wildman–Crippen MR) is 96.8 cm³/mol. The Morgan fingerprint density at radius 1 is 1.12 bits per heavy atom. The number of fused-ring (bicyclic) bond motifs is 1. The van der Waals surface area contributed by atoms with Crippen molar-refractivity contribution in [1.82, 2.24) is 0 Å². The minimum atomic E-state index is -3.72. The maximum Gasteiger partial charge on any atom is 0.261 e. The van der Waals surface area contributed by atoms with Gasteiger partial charge in [0.05, 0.1) is 22.8 Å². The van der Waals surface area contributed by atoms with Crippen LogP contribution in [0.15, 0.2) is 47.4 Å². The lowest BCUT2D eigenvalue weighted by Crippen LogP contribution is -2.28. The van der Waals surface area contributed by atoms with E-state index >= 15 is 0 Å². The van der Waals surface area contributed by atoms with Crippen LogP contribution in [0.3, 0.4) is 0 Å². The van der Waals surface area contributed by atoms with Gasteiger partial charge < -0.3 is 15.0 Å². The van der Waals surface area contributed by atoms with Crippen LogP contribution in [0, 0.1) is 0 Å². The van der Waals surface area contributed by atoms with Crippen LogP contribution in [-0.2, 0) is 14.8 Å². The van der Waals surface area contributed by atoms with Crippen LogP contribution in [0.25, 0.3) is 0 Å². The second-order valence-corrected chi connectivity index (χ2v) is 7.45. The van der Waals surface area contributed by atoms with E-state index in [0.29, 0.717) is 18.0 Å². The van der Waals surface area contributed by atoms with Crippen LogP contribution < -0.4 is 19.7 Å². The fourth-order valence-corrected chi connectivity index (χ4v) is 3.60.